The van der Waals surface area contributed by atoms with Gasteiger partial charge in [0.05, 0.1) is 13.1 Å². The summed E-state index contributed by atoms with van der Waals surface area (Å²) in [5.41, 5.74) is 1.33. The summed E-state index contributed by atoms with van der Waals surface area (Å²) in [6, 6.07) is 5.64. The molecular formula is C17H25N2O2S+. The maximum absolute atomic E-state index is 12.0. The van der Waals surface area contributed by atoms with Crippen LogP contribution in [0, 0.1) is 5.92 Å². The minimum Gasteiger partial charge on any atom is -0.386 e. The van der Waals surface area contributed by atoms with E-state index in [4.69, 9.17) is 0 Å². The zero-order valence-electron chi connectivity index (χ0n) is 12.9. The van der Waals surface area contributed by atoms with Gasteiger partial charge in [0.15, 0.2) is 0 Å². The molecule has 22 heavy (non-hydrogen) atoms. The maximum Gasteiger partial charge on any atom is 0.250 e. The maximum atomic E-state index is 12.0. The second kappa shape index (κ2) is 7.02. The highest BCUT2D eigenvalue weighted by Gasteiger charge is 2.37. The average Bonchev–Trinajstić information content (AvgIpc) is 2.48. The number of nitrogens with one attached hydrogen (secondary N) is 1. The van der Waals surface area contributed by atoms with Crippen LogP contribution in [0.5, 0.6) is 0 Å². The lowest BCUT2D eigenvalue weighted by molar-refractivity contribution is -0.913. The Morgan fingerprint density at radius 1 is 1.50 bits per heavy atom. The van der Waals surface area contributed by atoms with E-state index in [1.54, 1.807) is 17.8 Å². The van der Waals surface area contributed by atoms with Gasteiger partial charge in [-0.2, -0.15) is 11.8 Å². The van der Waals surface area contributed by atoms with E-state index < -0.39 is 0 Å². The molecule has 2 N–H and O–H groups in total. The molecule has 0 spiro atoms. The van der Waals surface area contributed by atoms with Crippen molar-refractivity contribution in [1.82, 2.24) is 4.57 Å². The van der Waals surface area contributed by atoms with Gasteiger partial charge < -0.3 is 14.6 Å². The Morgan fingerprint density at radius 3 is 3.18 bits per heavy atom. The Morgan fingerprint density at radius 2 is 2.36 bits per heavy atom. The molecule has 2 aliphatic rings. The summed E-state index contributed by atoms with van der Waals surface area (Å²) in [5, 5.41) is 10.2. The van der Waals surface area contributed by atoms with Crippen LogP contribution in [-0.2, 0) is 6.54 Å². The lowest BCUT2D eigenvalue weighted by Gasteiger charge is -2.40. The lowest BCUT2D eigenvalue weighted by atomic mass is 9.83. The van der Waals surface area contributed by atoms with Crippen LogP contribution in [0.1, 0.15) is 18.0 Å². The van der Waals surface area contributed by atoms with E-state index in [0.717, 1.165) is 37.7 Å². The van der Waals surface area contributed by atoms with Gasteiger partial charge >= 0.3 is 0 Å². The predicted octanol–water partition coefficient (Wildman–Crippen LogP) is 0.130. The average molecular weight is 321 g/mol. The zero-order chi connectivity index (χ0) is 15.5. The minimum absolute atomic E-state index is 0.136. The van der Waals surface area contributed by atoms with Gasteiger partial charge in [0.25, 0.3) is 5.56 Å². The molecule has 0 aliphatic carbocycles. The molecular weight excluding hydrogens is 296 g/mol. The van der Waals surface area contributed by atoms with Gasteiger partial charge in [0.1, 0.15) is 12.6 Å². The quantitative estimate of drug-likeness (QED) is 0.578. The summed E-state index contributed by atoms with van der Waals surface area (Å²) in [6.45, 7) is 7.46. The third-order valence-electron chi connectivity index (χ3n) is 4.74. The van der Waals surface area contributed by atoms with Crippen LogP contribution < -0.4 is 10.5 Å². The number of quaternary nitrogens is 1. The SMILES string of the molecule is C=CCSC[C@@H](O)C[NH+]1C[C@@H]2C[C@H](C1)c1cccc(=O)n1C2. The number of piperidine rings is 1. The molecule has 5 heteroatoms. The molecule has 0 aromatic carbocycles. The largest absolute Gasteiger partial charge is 0.386 e. The van der Waals surface area contributed by atoms with Gasteiger partial charge in [0.2, 0.25) is 0 Å². The molecule has 4 atom stereocenters. The molecule has 1 fully saturated rings. The number of thioether (sulfide) groups is 1. The first kappa shape index (κ1) is 15.8. The van der Waals surface area contributed by atoms with Crippen molar-refractivity contribution in [3.05, 3.63) is 46.9 Å². The normalized spacial score (nSPS) is 28.0. The monoisotopic (exact) mass is 321 g/mol. The van der Waals surface area contributed by atoms with Crippen LogP contribution >= 0.6 is 11.8 Å². The molecule has 1 unspecified atom stereocenters. The van der Waals surface area contributed by atoms with Crippen molar-refractivity contribution in [2.75, 3.05) is 31.1 Å². The highest BCUT2D eigenvalue weighted by atomic mass is 32.2. The number of aliphatic hydroxyl groups excluding tert-OH is 1. The molecule has 3 rings (SSSR count). The summed E-state index contributed by atoms with van der Waals surface area (Å²) in [5.74, 6) is 2.70. The summed E-state index contributed by atoms with van der Waals surface area (Å²) in [4.78, 5) is 13.5. The van der Waals surface area contributed by atoms with Gasteiger partial charge in [-0.3, -0.25) is 4.79 Å². The second-order valence-corrected chi connectivity index (χ2v) is 7.62. The first-order valence-electron chi connectivity index (χ1n) is 8.07. The fourth-order valence-corrected chi connectivity index (χ4v) is 4.66. The Bertz CT molecular complexity index is 586. The first-order valence-corrected chi connectivity index (χ1v) is 9.23. The predicted molar refractivity (Wildman–Crippen MR) is 90.6 cm³/mol. The zero-order valence-corrected chi connectivity index (χ0v) is 13.7. The molecule has 120 valence electrons. The number of hydrogen-bond donors (Lipinski definition) is 2. The number of fused-ring (bicyclic) bond motifs is 4. The Labute approximate surface area is 135 Å². The number of hydrogen-bond acceptors (Lipinski definition) is 3. The van der Waals surface area contributed by atoms with Crippen molar-refractivity contribution in [2.24, 2.45) is 5.92 Å². The molecule has 4 nitrogen and oxygen atoms in total. The van der Waals surface area contributed by atoms with Crippen LogP contribution in [0.2, 0.25) is 0 Å². The number of rotatable bonds is 6. The Balaban J connectivity index is 1.63. The molecule has 1 aromatic heterocycles. The summed E-state index contributed by atoms with van der Waals surface area (Å²) >= 11 is 1.73. The van der Waals surface area contributed by atoms with Crippen LogP contribution in [-0.4, -0.2) is 46.9 Å². The number of aromatic nitrogens is 1. The van der Waals surface area contributed by atoms with Crippen molar-refractivity contribution in [2.45, 2.75) is 25.0 Å². The molecule has 0 saturated carbocycles. The lowest BCUT2D eigenvalue weighted by Crippen LogP contribution is -3.15. The summed E-state index contributed by atoms with van der Waals surface area (Å²) in [7, 11) is 0. The fourth-order valence-electron chi connectivity index (χ4n) is 3.97. The van der Waals surface area contributed by atoms with Crippen molar-refractivity contribution in [3.63, 3.8) is 0 Å². The number of nitrogens with zero attached hydrogens (tertiary/aromatic N) is 1. The number of aliphatic hydroxyl groups is 1. The van der Waals surface area contributed by atoms with Crippen molar-refractivity contribution in [3.8, 4) is 0 Å². The van der Waals surface area contributed by atoms with E-state index in [9.17, 15) is 9.90 Å². The number of likely N-dealkylation sites (tertiary alicyclic amines) is 1. The third kappa shape index (κ3) is 3.47. The Kier molecular flexibility index (Phi) is 5.06. The molecule has 1 saturated heterocycles. The molecule has 3 heterocycles. The number of pyridine rings is 1. The molecule has 1 aromatic rings. The smallest absolute Gasteiger partial charge is 0.250 e. The highest BCUT2D eigenvalue weighted by molar-refractivity contribution is 7.99. The van der Waals surface area contributed by atoms with E-state index in [2.05, 4.69) is 12.6 Å². The van der Waals surface area contributed by atoms with E-state index in [0.29, 0.717) is 11.8 Å². The van der Waals surface area contributed by atoms with Gasteiger partial charge in [-0.15, -0.1) is 6.58 Å². The van der Waals surface area contributed by atoms with Crippen LogP contribution in [0.15, 0.2) is 35.6 Å². The summed E-state index contributed by atoms with van der Waals surface area (Å²) in [6.07, 6.45) is 2.81. The van der Waals surface area contributed by atoms with E-state index in [1.165, 1.54) is 17.0 Å². The van der Waals surface area contributed by atoms with Crippen molar-refractivity contribution in [1.29, 1.82) is 0 Å². The van der Waals surface area contributed by atoms with Gasteiger partial charge in [0, 0.05) is 41.6 Å². The minimum atomic E-state index is -0.253. The van der Waals surface area contributed by atoms with Crippen molar-refractivity contribution < 1.29 is 10.0 Å². The molecule has 2 bridgehead atoms. The van der Waals surface area contributed by atoms with E-state index in [-0.39, 0.29) is 11.7 Å². The van der Waals surface area contributed by atoms with E-state index in [1.807, 2.05) is 16.7 Å². The fraction of sp³-hybridized carbons (Fsp3) is 0.588. The topological polar surface area (TPSA) is 46.7 Å². The first-order chi connectivity index (χ1) is 10.7. The third-order valence-corrected chi connectivity index (χ3v) is 5.83. The molecule has 2 aliphatic heterocycles. The van der Waals surface area contributed by atoms with Gasteiger partial charge in [-0.05, 0) is 12.5 Å². The van der Waals surface area contributed by atoms with Gasteiger partial charge in [-0.1, -0.05) is 12.1 Å². The van der Waals surface area contributed by atoms with Crippen LogP contribution in [0.25, 0.3) is 0 Å². The van der Waals surface area contributed by atoms with Gasteiger partial charge in [-0.25, -0.2) is 0 Å². The highest BCUT2D eigenvalue weighted by Crippen LogP contribution is 2.29. The van der Waals surface area contributed by atoms with Crippen LogP contribution in [0.4, 0.5) is 0 Å². The second-order valence-electron chi connectivity index (χ2n) is 6.54. The standard InChI is InChI=1S/C17H24N2O2S/c1-2-6-22-12-15(20)11-18-8-13-7-14(10-18)16-4-3-5-17(21)19(16)9-13/h2-5,13-15,20H,1,6-12H2/p+1/t13-,14+,15-/m0/s1. The summed E-state index contributed by atoms with van der Waals surface area (Å²) < 4.78 is 1.96. The van der Waals surface area contributed by atoms with E-state index >= 15 is 0 Å². The van der Waals surface area contributed by atoms with Crippen LogP contribution in [0.3, 0.4) is 0 Å². The molecule has 0 radical (unpaired) electrons. The Hall–Kier alpha value is -1.04. The van der Waals surface area contributed by atoms with Crippen molar-refractivity contribution >= 4 is 11.8 Å². The molecule has 0 amide bonds.